The summed E-state index contributed by atoms with van der Waals surface area (Å²) < 4.78 is 5.11. The lowest BCUT2D eigenvalue weighted by atomic mass is 9.82. The van der Waals surface area contributed by atoms with Crippen LogP contribution < -0.4 is 10.1 Å². The Bertz CT molecular complexity index is 354. The largest absolute Gasteiger partial charge is 0.481 e. The van der Waals surface area contributed by atoms with Crippen LogP contribution in [0.2, 0.25) is 0 Å². The number of rotatable bonds is 4. The van der Waals surface area contributed by atoms with Gasteiger partial charge in [-0.15, -0.1) is 0 Å². The molecule has 2 rings (SSSR count). The number of nitrogens with one attached hydrogen (secondary N) is 1. The van der Waals surface area contributed by atoms with Gasteiger partial charge in [0.05, 0.1) is 7.11 Å². The molecule has 0 radical (unpaired) electrons. The van der Waals surface area contributed by atoms with Gasteiger partial charge in [-0.1, -0.05) is 19.8 Å². The fraction of sp³-hybridized carbons (Fsp3) is 0.643. The van der Waals surface area contributed by atoms with E-state index in [1.807, 2.05) is 12.1 Å². The third kappa shape index (κ3) is 3.62. The molecule has 17 heavy (non-hydrogen) atoms. The number of methoxy groups -OCH3 is 1. The third-order valence-electron chi connectivity index (χ3n) is 3.58. The van der Waals surface area contributed by atoms with Gasteiger partial charge >= 0.3 is 0 Å². The van der Waals surface area contributed by atoms with Crippen molar-refractivity contribution in [2.45, 2.75) is 32.6 Å². The normalized spacial score (nSPS) is 24.4. The molecule has 94 valence electrons. The Morgan fingerprint density at radius 3 is 3.12 bits per heavy atom. The van der Waals surface area contributed by atoms with Crippen molar-refractivity contribution >= 4 is 5.69 Å². The van der Waals surface area contributed by atoms with Crippen molar-refractivity contribution in [1.82, 2.24) is 4.98 Å². The minimum atomic E-state index is 0.673. The molecular formula is C14H22N2O. The molecule has 0 spiro atoms. The van der Waals surface area contributed by atoms with E-state index in [1.165, 1.54) is 25.7 Å². The molecule has 0 bridgehead atoms. The van der Waals surface area contributed by atoms with Gasteiger partial charge in [0.25, 0.3) is 0 Å². The zero-order chi connectivity index (χ0) is 12.1. The molecule has 0 amide bonds. The third-order valence-corrected chi connectivity index (χ3v) is 3.58. The second-order valence-electron chi connectivity index (χ2n) is 5.11. The average Bonchev–Trinajstić information content (AvgIpc) is 2.37. The predicted octanol–water partition coefficient (Wildman–Crippen LogP) is 3.33. The molecule has 1 aromatic heterocycles. The first kappa shape index (κ1) is 12.2. The van der Waals surface area contributed by atoms with E-state index in [9.17, 15) is 0 Å². The van der Waals surface area contributed by atoms with Crippen molar-refractivity contribution in [2.24, 2.45) is 11.8 Å². The van der Waals surface area contributed by atoms with Crippen LogP contribution in [0, 0.1) is 11.8 Å². The highest BCUT2D eigenvalue weighted by Crippen LogP contribution is 2.28. The van der Waals surface area contributed by atoms with Gasteiger partial charge in [0.15, 0.2) is 0 Å². The molecule has 1 fully saturated rings. The highest BCUT2D eigenvalue weighted by Gasteiger charge is 2.18. The van der Waals surface area contributed by atoms with E-state index in [0.29, 0.717) is 5.88 Å². The molecule has 2 atom stereocenters. The quantitative estimate of drug-likeness (QED) is 0.867. The van der Waals surface area contributed by atoms with Gasteiger partial charge in [-0.3, -0.25) is 0 Å². The first-order valence-corrected chi connectivity index (χ1v) is 6.52. The molecule has 1 aliphatic carbocycles. The lowest BCUT2D eigenvalue weighted by Gasteiger charge is -2.27. The van der Waals surface area contributed by atoms with Crippen molar-refractivity contribution in [3.05, 3.63) is 18.3 Å². The van der Waals surface area contributed by atoms with E-state index in [-0.39, 0.29) is 0 Å². The Balaban J connectivity index is 1.84. The second-order valence-corrected chi connectivity index (χ2v) is 5.11. The summed E-state index contributed by atoms with van der Waals surface area (Å²) in [7, 11) is 1.65. The summed E-state index contributed by atoms with van der Waals surface area (Å²) >= 11 is 0. The molecule has 0 aromatic carbocycles. The fourth-order valence-electron chi connectivity index (χ4n) is 2.64. The highest BCUT2D eigenvalue weighted by atomic mass is 16.5. The Labute approximate surface area is 104 Å². The molecular weight excluding hydrogens is 212 g/mol. The fourth-order valence-corrected chi connectivity index (χ4v) is 2.64. The molecule has 3 nitrogen and oxygen atoms in total. The number of hydrogen-bond donors (Lipinski definition) is 1. The van der Waals surface area contributed by atoms with Gasteiger partial charge in [-0.05, 0) is 30.7 Å². The molecule has 2 unspecified atom stereocenters. The van der Waals surface area contributed by atoms with Crippen LogP contribution in [0.5, 0.6) is 5.88 Å². The highest BCUT2D eigenvalue weighted by molar-refractivity contribution is 5.44. The van der Waals surface area contributed by atoms with E-state index < -0.39 is 0 Å². The zero-order valence-electron chi connectivity index (χ0n) is 10.8. The second kappa shape index (κ2) is 5.89. The average molecular weight is 234 g/mol. The van der Waals surface area contributed by atoms with Crippen molar-refractivity contribution < 1.29 is 4.74 Å². The maximum atomic E-state index is 5.11. The van der Waals surface area contributed by atoms with Gasteiger partial charge in [0.2, 0.25) is 5.88 Å². The predicted molar refractivity (Wildman–Crippen MR) is 70.4 cm³/mol. The lowest BCUT2D eigenvalue weighted by molar-refractivity contribution is 0.293. The molecule has 3 heteroatoms. The number of anilines is 1. The number of hydrogen-bond acceptors (Lipinski definition) is 3. The topological polar surface area (TPSA) is 34.1 Å². The van der Waals surface area contributed by atoms with E-state index in [0.717, 1.165) is 24.1 Å². The number of pyridine rings is 1. The summed E-state index contributed by atoms with van der Waals surface area (Å²) in [6, 6.07) is 3.95. The van der Waals surface area contributed by atoms with Gasteiger partial charge in [-0.25, -0.2) is 4.98 Å². The summed E-state index contributed by atoms with van der Waals surface area (Å²) in [6.45, 7) is 3.43. The van der Waals surface area contributed by atoms with Crippen LogP contribution in [0.4, 0.5) is 5.69 Å². The van der Waals surface area contributed by atoms with Gasteiger partial charge in [0.1, 0.15) is 0 Å². The van der Waals surface area contributed by atoms with Crippen LogP contribution in [0.3, 0.4) is 0 Å². The van der Waals surface area contributed by atoms with Crippen molar-refractivity contribution in [1.29, 1.82) is 0 Å². The van der Waals surface area contributed by atoms with Crippen LogP contribution in [0.25, 0.3) is 0 Å². The van der Waals surface area contributed by atoms with Crippen LogP contribution in [0.1, 0.15) is 32.6 Å². The molecule has 1 N–H and O–H groups in total. The van der Waals surface area contributed by atoms with Crippen molar-refractivity contribution in [2.75, 3.05) is 19.0 Å². The Kier molecular flexibility index (Phi) is 4.24. The Morgan fingerprint density at radius 1 is 1.47 bits per heavy atom. The molecule has 0 saturated heterocycles. The van der Waals surface area contributed by atoms with Crippen molar-refractivity contribution in [3.63, 3.8) is 0 Å². The van der Waals surface area contributed by atoms with Crippen LogP contribution in [0.15, 0.2) is 18.3 Å². The van der Waals surface area contributed by atoms with Crippen molar-refractivity contribution in [3.8, 4) is 5.88 Å². The maximum absolute atomic E-state index is 5.11. The summed E-state index contributed by atoms with van der Waals surface area (Å²) in [4.78, 5) is 4.10. The molecule has 1 aromatic rings. The summed E-state index contributed by atoms with van der Waals surface area (Å²) in [5.41, 5.74) is 1.11. The summed E-state index contributed by atoms with van der Waals surface area (Å²) in [5, 5.41) is 3.49. The molecule has 1 heterocycles. The zero-order valence-corrected chi connectivity index (χ0v) is 10.8. The first-order valence-electron chi connectivity index (χ1n) is 6.52. The van der Waals surface area contributed by atoms with Gasteiger partial charge in [0, 0.05) is 24.5 Å². The van der Waals surface area contributed by atoms with Crippen LogP contribution in [-0.4, -0.2) is 18.6 Å². The standard InChI is InChI=1S/C14H22N2O/c1-11-4-3-5-12(8-11)10-16-13-6-7-15-14(9-13)17-2/h6-7,9,11-12H,3-5,8,10H2,1-2H3,(H,15,16). The summed E-state index contributed by atoms with van der Waals surface area (Å²) in [6.07, 6.45) is 7.28. The van der Waals surface area contributed by atoms with Crippen LogP contribution >= 0.6 is 0 Å². The van der Waals surface area contributed by atoms with Gasteiger partial charge in [-0.2, -0.15) is 0 Å². The smallest absolute Gasteiger partial charge is 0.214 e. The van der Waals surface area contributed by atoms with E-state index in [2.05, 4.69) is 17.2 Å². The first-order chi connectivity index (χ1) is 8.28. The minimum Gasteiger partial charge on any atom is -0.481 e. The minimum absolute atomic E-state index is 0.673. The summed E-state index contributed by atoms with van der Waals surface area (Å²) in [5.74, 6) is 2.38. The van der Waals surface area contributed by atoms with E-state index >= 15 is 0 Å². The van der Waals surface area contributed by atoms with Crippen LogP contribution in [-0.2, 0) is 0 Å². The lowest BCUT2D eigenvalue weighted by Crippen LogP contribution is -2.21. The molecule has 1 saturated carbocycles. The monoisotopic (exact) mass is 234 g/mol. The Morgan fingerprint density at radius 2 is 2.35 bits per heavy atom. The van der Waals surface area contributed by atoms with E-state index in [1.54, 1.807) is 13.3 Å². The maximum Gasteiger partial charge on any atom is 0.214 e. The number of aromatic nitrogens is 1. The SMILES string of the molecule is COc1cc(NCC2CCCC(C)C2)ccn1. The molecule has 0 aliphatic heterocycles. The van der Waals surface area contributed by atoms with Gasteiger partial charge < -0.3 is 10.1 Å². The number of nitrogens with zero attached hydrogens (tertiary/aromatic N) is 1. The number of ether oxygens (including phenoxy) is 1. The molecule has 1 aliphatic rings. The Hall–Kier alpha value is -1.25. The van der Waals surface area contributed by atoms with E-state index in [4.69, 9.17) is 4.74 Å².